The molecular formula is C15H22N4O2. The van der Waals surface area contributed by atoms with Crippen molar-refractivity contribution in [3.8, 4) is 0 Å². The van der Waals surface area contributed by atoms with Gasteiger partial charge in [-0.3, -0.25) is 4.79 Å². The summed E-state index contributed by atoms with van der Waals surface area (Å²) in [6, 6.07) is 8.56. The number of hydrogen-bond donors (Lipinski definition) is 2. The molecule has 0 radical (unpaired) electrons. The van der Waals surface area contributed by atoms with Crippen molar-refractivity contribution in [3.63, 3.8) is 0 Å². The van der Waals surface area contributed by atoms with Crippen LogP contribution in [0.1, 0.15) is 37.7 Å². The molecule has 0 bridgehead atoms. The molecule has 0 amide bonds. The summed E-state index contributed by atoms with van der Waals surface area (Å²) in [5.41, 5.74) is 14.6. The van der Waals surface area contributed by atoms with Gasteiger partial charge in [0.25, 0.3) is 0 Å². The Morgan fingerprint density at radius 2 is 1.95 bits per heavy atom. The highest BCUT2D eigenvalue weighted by Gasteiger charge is 2.15. The highest BCUT2D eigenvalue weighted by molar-refractivity contribution is 5.74. The van der Waals surface area contributed by atoms with Crippen molar-refractivity contribution in [2.75, 3.05) is 0 Å². The lowest BCUT2D eigenvalue weighted by molar-refractivity contribution is -0.138. The van der Waals surface area contributed by atoms with E-state index in [0.29, 0.717) is 6.04 Å². The predicted molar refractivity (Wildman–Crippen MR) is 81.8 cm³/mol. The number of nitrogens with two attached hydrogens (primary N) is 1. The lowest BCUT2D eigenvalue weighted by atomic mass is 9.97. The molecule has 1 aromatic rings. The molecule has 0 saturated heterocycles. The van der Waals surface area contributed by atoms with Crippen molar-refractivity contribution in [3.05, 3.63) is 46.3 Å². The second-order valence-electron chi connectivity index (χ2n) is 5.15. The molecule has 114 valence electrons. The van der Waals surface area contributed by atoms with E-state index in [4.69, 9.17) is 16.4 Å². The third kappa shape index (κ3) is 7.34. The van der Waals surface area contributed by atoms with E-state index in [2.05, 4.69) is 10.0 Å². The summed E-state index contributed by atoms with van der Waals surface area (Å²) >= 11 is 0. The van der Waals surface area contributed by atoms with Gasteiger partial charge in [-0.15, -0.1) is 0 Å². The number of aliphatic carboxylic acids is 1. The van der Waals surface area contributed by atoms with Gasteiger partial charge in [0.2, 0.25) is 0 Å². The first-order valence-corrected chi connectivity index (χ1v) is 7.20. The van der Waals surface area contributed by atoms with Crippen molar-refractivity contribution in [2.45, 2.75) is 50.6 Å². The van der Waals surface area contributed by atoms with Crippen LogP contribution < -0.4 is 5.73 Å². The van der Waals surface area contributed by atoms with Crippen LogP contribution in [-0.2, 0) is 11.2 Å². The predicted octanol–water partition coefficient (Wildman–Crippen LogP) is 3.27. The molecule has 0 unspecified atom stereocenters. The molecule has 21 heavy (non-hydrogen) atoms. The SMILES string of the molecule is NC1CCCCC1.[N-]=[N+]=N[C@@H](Cc1ccccc1)C(=O)O. The molecule has 3 N–H and O–H groups in total. The second kappa shape index (κ2) is 9.80. The van der Waals surface area contributed by atoms with Crippen LogP contribution in [-0.4, -0.2) is 23.2 Å². The number of azide groups is 1. The highest BCUT2D eigenvalue weighted by Crippen LogP contribution is 2.14. The Bertz CT molecular complexity index is 464. The first kappa shape index (κ1) is 17.0. The first-order valence-electron chi connectivity index (χ1n) is 7.20. The molecule has 6 heteroatoms. The van der Waals surface area contributed by atoms with E-state index in [1.807, 2.05) is 18.2 Å². The van der Waals surface area contributed by atoms with Crippen LogP contribution in [0.25, 0.3) is 10.4 Å². The topological polar surface area (TPSA) is 112 Å². The smallest absolute Gasteiger partial charge is 0.312 e. The molecule has 0 spiro atoms. The average molecular weight is 290 g/mol. The van der Waals surface area contributed by atoms with Crippen LogP contribution in [0.5, 0.6) is 0 Å². The van der Waals surface area contributed by atoms with Crippen LogP contribution in [0.2, 0.25) is 0 Å². The van der Waals surface area contributed by atoms with Crippen LogP contribution in [0.4, 0.5) is 0 Å². The molecule has 1 aromatic carbocycles. The van der Waals surface area contributed by atoms with E-state index in [1.165, 1.54) is 32.1 Å². The maximum absolute atomic E-state index is 10.6. The van der Waals surface area contributed by atoms with Crippen LogP contribution in [0, 0.1) is 0 Å². The summed E-state index contributed by atoms with van der Waals surface area (Å²) in [5, 5.41) is 11.9. The summed E-state index contributed by atoms with van der Waals surface area (Å²) < 4.78 is 0. The van der Waals surface area contributed by atoms with Gasteiger partial charge < -0.3 is 10.8 Å². The van der Waals surface area contributed by atoms with Crippen LogP contribution in [0.3, 0.4) is 0 Å². The molecule has 1 aliphatic carbocycles. The zero-order chi connectivity index (χ0) is 15.5. The average Bonchev–Trinajstić information content (AvgIpc) is 2.49. The Morgan fingerprint density at radius 3 is 2.38 bits per heavy atom. The normalized spacial score (nSPS) is 16.0. The highest BCUT2D eigenvalue weighted by atomic mass is 16.4. The van der Waals surface area contributed by atoms with Crippen LogP contribution >= 0.6 is 0 Å². The monoisotopic (exact) mass is 290 g/mol. The fourth-order valence-corrected chi connectivity index (χ4v) is 2.21. The van der Waals surface area contributed by atoms with E-state index in [0.717, 1.165) is 5.56 Å². The Hall–Kier alpha value is -2.04. The number of carbonyl (C=O) groups is 1. The van der Waals surface area contributed by atoms with Gasteiger partial charge in [0.05, 0.1) is 0 Å². The molecule has 1 atom stereocenters. The third-order valence-corrected chi connectivity index (χ3v) is 3.40. The molecule has 0 aliphatic heterocycles. The van der Waals surface area contributed by atoms with Gasteiger partial charge in [-0.05, 0) is 30.4 Å². The van der Waals surface area contributed by atoms with Gasteiger partial charge in [0.15, 0.2) is 0 Å². The number of benzene rings is 1. The maximum atomic E-state index is 10.6. The van der Waals surface area contributed by atoms with E-state index < -0.39 is 12.0 Å². The van der Waals surface area contributed by atoms with E-state index in [1.54, 1.807) is 12.1 Å². The van der Waals surface area contributed by atoms with Gasteiger partial charge >= 0.3 is 5.97 Å². The Balaban J connectivity index is 0.000000262. The van der Waals surface area contributed by atoms with Crippen LogP contribution in [0.15, 0.2) is 35.4 Å². The Kier molecular flexibility index (Phi) is 7.94. The molecule has 6 nitrogen and oxygen atoms in total. The fraction of sp³-hybridized carbons (Fsp3) is 0.533. The standard InChI is InChI=1S/C9H9N3O2.C6H13N/c10-12-11-8(9(13)14)6-7-4-2-1-3-5-7;7-6-4-2-1-3-5-6/h1-5,8H,6H2,(H,13,14);6H,1-5,7H2/t8-;/m0./s1. The quantitative estimate of drug-likeness (QED) is 0.504. The number of hydrogen-bond acceptors (Lipinski definition) is 3. The summed E-state index contributed by atoms with van der Waals surface area (Å²) in [4.78, 5) is 13.1. The van der Waals surface area contributed by atoms with Crippen molar-refractivity contribution in [2.24, 2.45) is 10.8 Å². The zero-order valence-corrected chi connectivity index (χ0v) is 12.1. The van der Waals surface area contributed by atoms with Gasteiger partial charge in [-0.25, -0.2) is 0 Å². The summed E-state index contributed by atoms with van der Waals surface area (Å²) in [6.07, 6.45) is 6.89. The van der Waals surface area contributed by atoms with Crippen molar-refractivity contribution in [1.82, 2.24) is 0 Å². The number of rotatable bonds is 4. The molecule has 1 aliphatic rings. The van der Waals surface area contributed by atoms with Crippen molar-refractivity contribution < 1.29 is 9.90 Å². The maximum Gasteiger partial charge on any atom is 0.312 e. The van der Waals surface area contributed by atoms with Gasteiger partial charge in [-0.2, -0.15) is 0 Å². The fourth-order valence-electron chi connectivity index (χ4n) is 2.21. The lowest BCUT2D eigenvalue weighted by Crippen LogP contribution is -2.22. The van der Waals surface area contributed by atoms with Gasteiger partial charge in [-0.1, -0.05) is 54.7 Å². The zero-order valence-electron chi connectivity index (χ0n) is 12.1. The van der Waals surface area contributed by atoms with E-state index in [9.17, 15) is 4.79 Å². The summed E-state index contributed by atoms with van der Waals surface area (Å²) in [5.74, 6) is -1.10. The molecule has 0 heterocycles. The number of carboxylic acids is 1. The Morgan fingerprint density at radius 1 is 1.33 bits per heavy atom. The summed E-state index contributed by atoms with van der Waals surface area (Å²) in [7, 11) is 0. The molecule has 1 saturated carbocycles. The van der Waals surface area contributed by atoms with Gasteiger partial charge in [0.1, 0.15) is 6.04 Å². The van der Waals surface area contributed by atoms with E-state index in [-0.39, 0.29) is 6.42 Å². The number of nitrogens with zero attached hydrogens (tertiary/aromatic N) is 3. The minimum atomic E-state index is -1.10. The van der Waals surface area contributed by atoms with Crippen molar-refractivity contribution in [1.29, 1.82) is 0 Å². The van der Waals surface area contributed by atoms with Crippen molar-refractivity contribution >= 4 is 5.97 Å². The number of carboxylic acid groups (broad SMARTS) is 1. The lowest BCUT2D eigenvalue weighted by Gasteiger charge is -2.15. The van der Waals surface area contributed by atoms with Gasteiger partial charge in [0, 0.05) is 11.0 Å². The second-order valence-corrected chi connectivity index (χ2v) is 5.15. The molecule has 2 rings (SSSR count). The minimum Gasteiger partial charge on any atom is -0.481 e. The molecular weight excluding hydrogens is 268 g/mol. The largest absolute Gasteiger partial charge is 0.481 e. The minimum absolute atomic E-state index is 0.222. The Labute approximate surface area is 124 Å². The third-order valence-electron chi connectivity index (χ3n) is 3.40. The summed E-state index contributed by atoms with van der Waals surface area (Å²) in [6.45, 7) is 0. The molecule has 1 fully saturated rings. The molecule has 0 aromatic heterocycles. The van der Waals surface area contributed by atoms with E-state index >= 15 is 0 Å². The first-order chi connectivity index (χ1) is 10.1.